The highest BCUT2D eigenvalue weighted by Crippen LogP contribution is 2.37. The lowest BCUT2D eigenvalue weighted by molar-refractivity contribution is -0.0830. The fraction of sp³-hybridized carbons (Fsp3) is 0.933. The molecule has 0 aliphatic carbocycles. The van der Waals surface area contributed by atoms with Crippen LogP contribution in [0.4, 0.5) is 0 Å². The molecule has 1 rings (SSSR count). The molecule has 2 nitrogen and oxygen atoms in total. The zero-order chi connectivity index (χ0) is 12.9. The van der Waals surface area contributed by atoms with Crippen molar-refractivity contribution in [1.29, 1.82) is 5.26 Å². The largest absolute Gasteiger partial charge is 0.376 e. The fourth-order valence-electron chi connectivity index (χ4n) is 2.85. The standard InChI is InChI=1S/C15H27NO/c1-12(2)5-6-13(7-9-16)14-8-10-17-15(3,4)11-14/h12-14H,5-8,10-11H2,1-4H3/t13-,14+/m1/s1. The molecule has 0 N–H and O–H groups in total. The van der Waals surface area contributed by atoms with Gasteiger partial charge in [0, 0.05) is 13.0 Å². The van der Waals surface area contributed by atoms with Crippen LogP contribution in [0.25, 0.3) is 0 Å². The van der Waals surface area contributed by atoms with E-state index < -0.39 is 0 Å². The van der Waals surface area contributed by atoms with Crippen LogP contribution in [0.15, 0.2) is 0 Å². The zero-order valence-corrected chi connectivity index (χ0v) is 11.8. The minimum absolute atomic E-state index is 0.00839. The minimum Gasteiger partial charge on any atom is -0.376 e. The van der Waals surface area contributed by atoms with Crippen molar-refractivity contribution in [1.82, 2.24) is 0 Å². The molecule has 0 amide bonds. The lowest BCUT2D eigenvalue weighted by atomic mass is 9.76. The third-order valence-electron chi connectivity index (χ3n) is 3.87. The maximum absolute atomic E-state index is 8.98. The molecule has 2 atom stereocenters. The molecule has 17 heavy (non-hydrogen) atoms. The summed E-state index contributed by atoms with van der Waals surface area (Å²) in [5.41, 5.74) is 0.00839. The molecule has 1 aliphatic heterocycles. The second-order valence-corrected chi connectivity index (χ2v) is 6.45. The Morgan fingerprint density at radius 1 is 1.35 bits per heavy atom. The molecule has 0 aromatic rings. The maximum atomic E-state index is 8.98. The van der Waals surface area contributed by atoms with Crippen molar-refractivity contribution in [2.24, 2.45) is 17.8 Å². The molecular formula is C15H27NO. The van der Waals surface area contributed by atoms with Crippen LogP contribution in [0.1, 0.15) is 59.8 Å². The van der Waals surface area contributed by atoms with Gasteiger partial charge in [0.2, 0.25) is 0 Å². The van der Waals surface area contributed by atoms with Gasteiger partial charge in [0.25, 0.3) is 0 Å². The van der Waals surface area contributed by atoms with Gasteiger partial charge in [0.15, 0.2) is 0 Å². The average molecular weight is 237 g/mol. The van der Waals surface area contributed by atoms with Crippen molar-refractivity contribution < 1.29 is 4.74 Å². The Morgan fingerprint density at radius 2 is 2.06 bits per heavy atom. The van der Waals surface area contributed by atoms with E-state index in [4.69, 9.17) is 10.00 Å². The van der Waals surface area contributed by atoms with Crippen molar-refractivity contribution in [2.75, 3.05) is 6.61 Å². The molecule has 1 fully saturated rings. The van der Waals surface area contributed by atoms with Crippen LogP contribution in [0, 0.1) is 29.1 Å². The molecule has 1 heterocycles. The maximum Gasteiger partial charge on any atom is 0.0629 e. The second-order valence-electron chi connectivity index (χ2n) is 6.45. The highest BCUT2D eigenvalue weighted by molar-refractivity contribution is 4.87. The van der Waals surface area contributed by atoms with Gasteiger partial charge in [-0.2, -0.15) is 5.26 Å². The zero-order valence-electron chi connectivity index (χ0n) is 11.8. The first-order chi connectivity index (χ1) is 7.94. The topological polar surface area (TPSA) is 33.0 Å². The van der Waals surface area contributed by atoms with Crippen LogP contribution in [0.3, 0.4) is 0 Å². The van der Waals surface area contributed by atoms with Gasteiger partial charge >= 0.3 is 0 Å². The van der Waals surface area contributed by atoms with Crippen LogP contribution >= 0.6 is 0 Å². The Labute approximate surface area is 106 Å². The Hall–Kier alpha value is -0.550. The molecule has 1 saturated heterocycles. The van der Waals surface area contributed by atoms with Crippen molar-refractivity contribution in [3.8, 4) is 6.07 Å². The molecule has 0 unspecified atom stereocenters. The predicted octanol–water partition coefficient (Wildman–Crippen LogP) is 4.16. The van der Waals surface area contributed by atoms with Gasteiger partial charge in [-0.1, -0.05) is 20.3 Å². The van der Waals surface area contributed by atoms with Crippen molar-refractivity contribution in [3.05, 3.63) is 0 Å². The molecule has 0 spiro atoms. The van der Waals surface area contributed by atoms with E-state index >= 15 is 0 Å². The third-order valence-corrected chi connectivity index (χ3v) is 3.87. The van der Waals surface area contributed by atoms with Crippen LogP contribution in [-0.4, -0.2) is 12.2 Å². The summed E-state index contributed by atoms with van der Waals surface area (Å²) in [5.74, 6) is 1.99. The van der Waals surface area contributed by atoms with Gasteiger partial charge < -0.3 is 4.74 Å². The van der Waals surface area contributed by atoms with Gasteiger partial charge in [-0.05, 0) is 50.9 Å². The van der Waals surface area contributed by atoms with Gasteiger partial charge in [-0.15, -0.1) is 0 Å². The van der Waals surface area contributed by atoms with Gasteiger partial charge in [0.1, 0.15) is 0 Å². The molecule has 2 heteroatoms. The van der Waals surface area contributed by atoms with Gasteiger partial charge in [-0.25, -0.2) is 0 Å². The molecule has 0 aromatic carbocycles. The summed E-state index contributed by atoms with van der Waals surface area (Å²) in [5, 5.41) is 8.98. The normalized spacial score (nSPS) is 25.5. The van der Waals surface area contributed by atoms with Crippen LogP contribution in [0.5, 0.6) is 0 Å². The van der Waals surface area contributed by atoms with Crippen LogP contribution in [0.2, 0.25) is 0 Å². The number of hydrogen-bond donors (Lipinski definition) is 0. The van der Waals surface area contributed by atoms with Crippen molar-refractivity contribution in [3.63, 3.8) is 0 Å². The average Bonchev–Trinajstić information content (AvgIpc) is 2.22. The quantitative estimate of drug-likeness (QED) is 0.719. The van der Waals surface area contributed by atoms with Gasteiger partial charge in [-0.3, -0.25) is 0 Å². The van der Waals surface area contributed by atoms with E-state index in [1.54, 1.807) is 0 Å². The number of hydrogen-bond acceptors (Lipinski definition) is 2. The summed E-state index contributed by atoms with van der Waals surface area (Å²) in [4.78, 5) is 0. The summed E-state index contributed by atoms with van der Waals surface area (Å²) in [7, 11) is 0. The molecule has 98 valence electrons. The Morgan fingerprint density at radius 3 is 2.59 bits per heavy atom. The second kappa shape index (κ2) is 6.40. The van der Waals surface area contributed by atoms with Crippen molar-refractivity contribution >= 4 is 0 Å². The first-order valence-corrected chi connectivity index (χ1v) is 6.95. The van der Waals surface area contributed by atoms with Gasteiger partial charge in [0.05, 0.1) is 11.7 Å². The summed E-state index contributed by atoms with van der Waals surface area (Å²) >= 11 is 0. The lowest BCUT2D eigenvalue weighted by Crippen LogP contribution is -2.36. The van der Waals surface area contributed by atoms with E-state index in [0.29, 0.717) is 18.3 Å². The van der Waals surface area contributed by atoms with E-state index in [9.17, 15) is 0 Å². The van der Waals surface area contributed by atoms with E-state index in [1.165, 1.54) is 12.8 Å². The first kappa shape index (κ1) is 14.5. The molecule has 0 radical (unpaired) electrons. The lowest BCUT2D eigenvalue weighted by Gasteiger charge is -2.39. The third kappa shape index (κ3) is 5.08. The molecule has 0 aromatic heterocycles. The fourth-order valence-corrected chi connectivity index (χ4v) is 2.85. The Kier molecular flexibility index (Phi) is 5.46. The Bertz CT molecular complexity index is 265. The van der Waals surface area contributed by atoms with Crippen molar-refractivity contribution in [2.45, 2.75) is 65.4 Å². The predicted molar refractivity (Wildman–Crippen MR) is 70.5 cm³/mol. The van der Waals surface area contributed by atoms with Crippen LogP contribution in [-0.2, 0) is 4.74 Å². The molecule has 1 aliphatic rings. The number of rotatable bonds is 5. The molecule has 0 bridgehead atoms. The number of nitrogens with zero attached hydrogens (tertiary/aromatic N) is 1. The summed E-state index contributed by atoms with van der Waals surface area (Å²) in [6.45, 7) is 9.73. The number of ether oxygens (including phenoxy) is 1. The SMILES string of the molecule is CC(C)CC[C@H](CC#N)[C@H]1CCOC(C)(C)C1. The summed E-state index contributed by atoms with van der Waals surface area (Å²) < 4.78 is 5.77. The monoisotopic (exact) mass is 237 g/mol. The summed E-state index contributed by atoms with van der Waals surface area (Å²) in [6, 6.07) is 2.38. The van der Waals surface area contributed by atoms with E-state index in [-0.39, 0.29) is 5.60 Å². The van der Waals surface area contributed by atoms with E-state index in [1.807, 2.05) is 0 Å². The highest BCUT2D eigenvalue weighted by Gasteiger charge is 2.33. The van der Waals surface area contributed by atoms with E-state index in [0.717, 1.165) is 25.4 Å². The Balaban J connectivity index is 2.54. The van der Waals surface area contributed by atoms with E-state index in [2.05, 4.69) is 33.8 Å². The smallest absolute Gasteiger partial charge is 0.0629 e. The van der Waals surface area contributed by atoms with Crippen LogP contribution < -0.4 is 0 Å². The molecule has 0 saturated carbocycles. The first-order valence-electron chi connectivity index (χ1n) is 6.95. The number of nitriles is 1. The minimum atomic E-state index is 0.00839. The highest BCUT2D eigenvalue weighted by atomic mass is 16.5. The summed E-state index contributed by atoms with van der Waals surface area (Å²) in [6.07, 6.45) is 5.40. The molecular weight excluding hydrogens is 210 g/mol.